The summed E-state index contributed by atoms with van der Waals surface area (Å²) in [5.41, 5.74) is -0.479. The summed E-state index contributed by atoms with van der Waals surface area (Å²) in [7, 11) is 4.32. The number of nitrogens with zero attached hydrogens (tertiary/aromatic N) is 2. The lowest BCUT2D eigenvalue weighted by Gasteiger charge is -2.16. The third-order valence-electron chi connectivity index (χ3n) is 4.87. The number of aryl methyl sites for hydroxylation is 1. The van der Waals surface area contributed by atoms with Crippen LogP contribution in [-0.2, 0) is 12.7 Å². The van der Waals surface area contributed by atoms with Gasteiger partial charge in [0.05, 0.1) is 50.9 Å². The van der Waals surface area contributed by atoms with Crippen LogP contribution in [0.25, 0.3) is 5.69 Å². The van der Waals surface area contributed by atoms with E-state index in [4.69, 9.17) is 14.2 Å². The standard InChI is InChI=1S/C22H22F3N3O4/c1-13-7-5-6-8-17(13)28-20(22(23,24)25)16(12-27-28)21(29)26-11-15-18(31-3)9-14(30-2)10-19(15)32-4/h5-10,12H,11H2,1-4H3,(H,26,29). The second-order valence-corrected chi connectivity index (χ2v) is 6.80. The van der Waals surface area contributed by atoms with Crippen LogP contribution in [0.2, 0.25) is 0 Å². The molecule has 0 spiro atoms. The number of nitrogens with one attached hydrogen (secondary N) is 1. The molecule has 2 aromatic carbocycles. The van der Waals surface area contributed by atoms with Crippen molar-refractivity contribution in [2.45, 2.75) is 19.6 Å². The number of para-hydroxylation sites is 1. The fraction of sp³-hybridized carbons (Fsp3) is 0.273. The average molecular weight is 449 g/mol. The van der Waals surface area contributed by atoms with Crippen LogP contribution in [0.3, 0.4) is 0 Å². The lowest BCUT2D eigenvalue weighted by Crippen LogP contribution is -2.26. The van der Waals surface area contributed by atoms with Crippen LogP contribution >= 0.6 is 0 Å². The van der Waals surface area contributed by atoms with Crippen LogP contribution < -0.4 is 19.5 Å². The lowest BCUT2D eigenvalue weighted by molar-refractivity contribution is -0.143. The van der Waals surface area contributed by atoms with E-state index in [1.165, 1.54) is 27.4 Å². The SMILES string of the molecule is COc1cc(OC)c(CNC(=O)c2cnn(-c3ccccc3C)c2C(F)(F)F)c(OC)c1. The molecule has 0 aliphatic heterocycles. The van der Waals surface area contributed by atoms with Gasteiger partial charge in [0.25, 0.3) is 5.91 Å². The second-order valence-electron chi connectivity index (χ2n) is 6.80. The van der Waals surface area contributed by atoms with Gasteiger partial charge in [-0.1, -0.05) is 18.2 Å². The fourth-order valence-electron chi connectivity index (χ4n) is 3.29. The Morgan fingerprint density at radius 1 is 1.06 bits per heavy atom. The third-order valence-corrected chi connectivity index (χ3v) is 4.87. The first-order chi connectivity index (χ1) is 15.2. The molecule has 0 fully saturated rings. The van der Waals surface area contributed by atoms with Crippen LogP contribution in [0.5, 0.6) is 17.2 Å². The van der Waals surface area contributed by atoms with Crippen LogP contribution in [0.15, 0.2) is 42.6 Å². The third kappa shape index (κ3) is 4.48. The summed E-state index contributed by atoms with van der Waals surface area (Å²) in [5.74, 6) is 0.242. The molecule has 7 nitrogen and oxygen atoms in total. The first-order valence-electron chi connectivity index (χ1n) is 9.49. The molecular weight excluding hydrogens is 427 g/mol. The van der Waals surface area contributed by atoms with Gasteiger partial charge < -0.3 is 19.5 Å². The van der Waals surface area contributed by atoms with Gasteiger partial charge in [-0.05, 0) is 18.6 Å². The topological polar surface area (TPSA) is 74.6 Å². The Bertz CT molecular complexity index is 1100. The van der Waals surface area contributed by atoms with E-state index >= 15 is 0 Å². The highest BCUT2D eigenvalue weighted by Gasteiger charge is 2.40. The van der Waals surface area contributed by atoms with E-state index in [1.807, 2.05) is 0 Å². The van der Waals surface area contributed by atoms with Gasteiger partial charge in [-0.15, -0.1) is 0 Å². The van der Waals surface area contributed by atoms with Gasteiger partial charge in [0.2, 0.25) is 0 Å². The minimum atomic E-state index is -4.80. The monoisotopic (exact) mass is 449 g/mol. The van der Waals surface area contributed by atoms with E-state index in [0.29, 0.717) is 28.4 Å². The molecule has 0 bridgehead atoms. The maximum absolute atomic E-state index is 13.9. The van der Waals surface area contributed by atoms with Crippen molar-refractivity contribution in [3.8, 4) is 22.9 Å². The Balaban J connectivity index is 1.96. The zero-order valence-corrected chi connectivity index (χ0v) is 17.9. The number of carbonyl (C=O) groups excluding carboxylic acids is 1. The van der Waals surface area contributed by atoms with Crippen molar-refractivity contribution in [2.24, 2.45) is 0 Å². The van der Waals surface area contributed by atoms with Crippen molar-refractivity contribution >= 4 is 5.91 Å². The molecular formula is C22H22F3N3O4. The minimum absolute atomic E-state index is 0.137. The number of benzene rings is 2. The molecule has 10 heteroatoms. The molecule has 0 aliphatic rings. The largest absolute Gasteiger partial charge is 0.496 e. The first kappa shape index (κ1) is 23.0. The Hall–Kier alpha value is -3.69. The highest BCUT2D eigenvalue weighted by atomic mass is 19.4. The quantitative estimate of drug-likeness (QED) is 0.587. The predicted molar refractivity (Wildman–Crippen MR) is 111 cm³/mol. The fourth-order valence-corrected chi connectivity index (χ4v) is 3.29. The predicted octanol–water partition coefficient (Wildman–Crippen LogP) is 4.16. The minimum Gasteiger partial charge on any atom is -0.496 e. The van der Waals surface area contributed by atoms with E-state index in [-0.39, 0.29) is 12.2 Å². The molecule has 0 aliphatic carbocycles. The number of hydrogen-bond donors (Lipinski definition) is 1. The second kappa shape index (κ2) is 9.21. The van der Waals surface area contributed by atoms with Crippen LogP contribution in [0.4, 0.5) is 13.2 Å². The van der Waals surface area contributed by atoms with Crippen LogP contribution in [-0.4, -0.2) is 37.0 Å². The molecule has 0 radical (unpaired) electrons. The molecule has 32 heavy (non-hydrogen) atoms. The number of aromatic nitrogens is 2. The highest BCUT2D eigenvalue weighted by Crippen LogP contribution is 2.36. The number of carbonyl (C=O) groups is 1. The molecule has 1 aromatic heterocycles. The van der Waals surface area contributed by atoms with Gasteiger partial charge in [-0.25, -0.2) is 4.68 Å². The molecule has 170 valence electrons. The van der Waals surface area contributed by atoms with Gasteiger partial charge in [0, 0.05) is 12.1 Å². The number of amides is 1. The summed E-state index contributed by atoms with van der Waals surface area (Å²) < 4.78 is 58.3. The first-order valence-corrected chi connectivity index (χ1v) is 9.49. The molecule has 1 N–H and O–H groups in total. The van der Waals surface area contributed by atoms with Crippen LogP contribution in [0, 0.1) is 6.92 Å². The number of hydrogen-bond acceptors (Lipinski definition) is 5. The molecule has 1 amide bonds. The highest BCUT2D eigenvalue weighted by molar-refractivity contribution is 5.95. The van der Waals surface area contributed by atoms with Gasteiger partial charge in [-0.3, -0.25) is 4.79 Å². The smallest absolute Gasteiger partial charge is 0.434 e. The van der Waals surface area contributed by atoms with Crippen molar-refractivity contribution in [1.82, 2.24) is 15.1 Å². The Labute approximate surface area is 182 Å². The summed E-state index contributed by atoms with van der Waals surface area (Å²) in [5, 5.41) is 6.35. The summed E-state index contributed by atoms with van der Waals surface area (Å²) in [4.78, 5) is 12.8. The number of methoxy groups -OCH3 is 3. The van der Waals surface area contributed by atoms with Crippen molar-refractivity contribution in [1.29, 1.82) is 0 Å². The molecule has 3 rings (SSSR count). The van der Waals surface area contributed by atoms with Crippen molar-refractivity contribution < 1.29 is 32.2 Å². The summed E-state index contributed by atoms with van der Waals surface area (Å²) in [6, 6.07) is 9.65. The average Bonchev–Trinajstić information content (AvgIpc) is 3.22. The maximum Gasteiger partial charge on any atom is 0.434 e. The van der Waals surface area contributed by atoms with E-state index in [1.54, 1.807) is 37.3 Å². The van der Waals surface area contributed by atoms with E-state index in [9.17, 15) is 18.0 Å². The number of rotatable bonds is 7. The normalized spacial score (nSPS) is 11.2. The van der Waals surface area contributed by atoms with Gasteiger partial charge >= 0.3 is 6.18 Å². The Kier molecular flexibility index (Phi) is 6.61. The van der Waals surface area contributed by atoms with Gasteiger partial charge in [0.1, 0.15) is 17.2 Å². The number of alkyl halides is 3. The summed E-state index contributed by atoms with van der Waals surface area (Å²) in [6.07, 6.45) is -3.89. The van der Waals surface area contributed by atoms with E-state index in [0.717, 1.165) is 10.9 Å². The maximum atomic E-state index is 13.9. The molecule has 0 atom stereocenters. The van der Waals surface area contributed by atoms with Crippen LogP contribution in [0.1, 0.15) is 27.2 Å². The van der Waals surface area contributed by atoms with Crippen molar-refractivity contribution in [2.75, 3.05) is 21.3 Å². The molecule has 0 saturated carbocycles. The molecule has 0 unspecified atom stereocenters. The van der Waals surface area contributed by atoms with E-state index in [2.05, 4.69) is 10.4 Å². The lowest BCUT2D eigenvalue weighted by atomic mass is 10.1. The molecule has 1 heterocycles. The summed E-state index contributed by atoms with van der Waals surface area (Å²) in [6.45, 7) is 1.53. The van der Waals surface area contributed by atoms with Gasteiger partial charge in [0.15, 0.2) is 5.69 Å². The molecule has 3 aromatic rings. The van der Waals surface area contributed by atoms with Crippen molar-refractivity contribution in [3.05, 3.63) is 65.0 Å². The summed E-state index contributed by atoms with van der Waals surface area (Å²) >= 11 is 0. The zero-order valence-electron chi connectivity index (χ0n) is 17.9. The Morgan fingerprint density at radius 3 is 2.22 bits per heavy atom. The van der Waals surface area contributed by atoms with E-state index < -0.39 is 23.3 Å². The molecule has 0 saturated heterocycles. The van der Waals surface area contributed by atoms with Gasteiger partial charge in [-0.2, -0.15) is 18.3 Å². The Morgan fingerprint density at radius 2 is 1.69 bits per heavy atom. The zero-order chi connectivity index (χ0) is 23.5. The van der Waals surface area contributed by atoms with Crippen molar-refractivity contribution in [3.63, 3.8) is 0 Å². The number of ether oxygens (including phenoxy) is 3. The number of halogens is 3.